The van der Waals surface area contributed by atoms with E-state index in [2.05, 4.69) is 187 Å². The third kappa shape index (κ3) is 4.63. The van der Waals surface area contributed by atoms with E-state index in [-0.39, 0.29) is 5.41 Å². The van der Waals surface area contributed by atoms with Gasteiger partial charge in [-0.15, -0.1) is 0 Å². The molecule has 51 heavy (non-hydrogen) atoms. The van der Waals surface area contributed by atoms with Gasteiger partial charge in [0.1, 0.15) is 5.58 Å². The molecule has 2 heteroatoms. The summed E-state index contributed by atoms with van der Waals surface area (Å²) in [5.41, 5.74) is 10.1. The molecule has 0 radical (unpaired) electrons. The van der Waals surface area contributed by atoms with Crippen molar-refractivity contribution in [3.8, 4) is 0 Å². The van der Waals surface area contributed by atoms with E-state index in [1.807, 2.05) is 6.07 Å². The fourth-order valence-corrected chi connectivity index (χ4v) is 9.13. The minimum Gasteiger partial charge on any atom is -0.454 e. The predicted molar refractivity (Wildman–Crippen MR) is 212 cm³/mol. The first-order valence-electron chi connectivity index (χ1n) is 18.1. The lowest BCUT2D eigenvalue weighted by molar-refractivity contribution is 0.372. The van der Waals surface area contributed by atoms with E-state index in [0.717, 1.165) is 51.8 Å². The predicted octanol–water partition coefficient (Wildman–Crippen LogP) is 13.2. The molecule has 3 unspecified atom stereocenters. The summed E-state index contributed by atoms with van der Waals surface area (Å²) in [7, 11) is 0. The Kier molecular flexibility index (Phi) is 7.02. The van der Waals surface area contributed by atoms with Crippen LogP contribution in [0, 0.1) is 5.92 Å². The summed E-state index contributed by atoms with van der Waals surface area (Å²) in [4.78, 5) is 2.39. The summed E-state index contributed by atoms with van der Waals surface area (Å²) in [6.45, 7) is 0. The Bertz CT molecular complexity index is 2610. The molecule has 8 aromatic rings. The summed E-state index contributed by atoms with van der Waals surface area (Å²) in [6, 6.07) is 59.9. The number of benzene rings is 7. The largest absolute Gasteiger partial charge is 0.454 e. The van der Waals surface area contributed by atoms with Crippen molar-refractivity contribution in [2.24, 2.45) is 5.92 Å². The van der Waals surface area contributed by atoms with Crippen LogP contribution in [0.25, 0.3) is 32.7 Å². The lowest BCUT2D eigenvalue weighted by Crippen LogP contribution is -2.42. The Labute approximate surface area is 298 Å². The highest BCUT2D eigenvalue weighted by atomic mass is 16.3. The summed E-state index contributed by atoms with van der Waals surface area (Å²) < 4.78 is 6.66. The molecule has 0 aliphatic heterocycles. The third-order valence-corrected chi connectivity index (χ3v) is 11.3. The summed E-state index contributed by atoms with van der Waals surface area (Å²) in [5.74, 6) is 0.701. The highest BCUT2D eigenvalue weighted by Gasteiger charge is 2.48. The zero-order valence-electron chi connectivity index (χ0n) is 28.3. The van der Waals surface area contributed by atoms with Crippen LogP contribution in [0.4, 0.5) is 17.1 Å². The average Bonchev–Trinajstić information content (AvgIpc) is 3.57. The van der Waals surface area contributed by atoms with E-state index >= 15 is 0 Å². The Hall–Kier alpha value is -6.12. The number of hydrogen-bond acceptors (Lipinski definition) is 2. The number of fused-ring (bicyclic) bond motifs is 8. The van der Waals surface area contributed by atoms with Crippen LogP contribution in [0.15, 0.2) is 193 Å². The zero-order valence-corrected chi connectivity index (χ0v) is 28.3. The maximum Gasteiger partial charge on any atom is 0.159 e. The Balaban J connectivity index is 1.22. The van der Waals surface area contributed by atoms with Crippen molar-refractivity contribution < 1.29 is 4.42 Å². The van der Waals surface area contributed by atoms with Gasteiger partial charge in [0, 0.05) is 27.8 Å². The van der Waals surface area contributed by atoms with Crippen molar-refractivity contribution in [1.29, 1.82) is 0 Å². The van der Waals surface area contributed by atoms with Crippen molar-refractivity contribution in [1.82, 2.24) is 0 Å². The number of hydrogen-bond donors (Lipinski definition) is 0. The molecule has 3 atom stereocenters. The Morgan fingerprint density at radius 3 is 2.10 bits per heavy atom. The molecular formula is C49H37NO. The smallest absolute Gasteiger partial charge is 0.159 e. The van der Waals surface area contributed by atoms with Gasteiger partial charge in [-0.2, -0.15) is 0 Å². The van der Waals surface area contributed by atoms with E-state index in [0.29, 0.717) is 11.8 Å². The highest BCUT2D eigenvalue weighted by molar-refractivity contribution is 6.11. The van der Waals surface area contributed by atoms with Crippen molar-refractivity contribution in [2.75, 3.05) is 4.90 Å². The normalized spacial score (nSPS) is 20.2. The number of para-hydroxylation sites is 2. The second-order valence-electron chi connectivity index (χ2n) is 13.9. The van der Waals surface area contributed by atoms with Gasteiger partial charge in [-0.25, -0.2) is 0 Å². The van der Waals surface area contributed by atoms with Gasteiger partial charge >= 0.3 is 0 Å². The van der Waals surface area contributed by atoms with Gasteiger partial charge in [0.05, 0.1) is 16.8 Å². The van der Waals surface area contributed by atoms with E-state index < -0.39 is 0 Å². The average molecular weight is 656 g/mol. The minimum absolute atomic E-state index is 0.300. The molecule has 2 nitrogen and oxygen atoms in total. The van der Waals surface area contributed by atoms with E-state index in [1.165, 1.54) is 33.0 Å². The standard InChI is InChI=1S/C49H37NO/c1-3-16-35-33-38(20-6-1)49(36-18-4-2-5-19-36,44-25-11-9-21-40(35)44)37-29-31-39(32-30-37)50(45-26-13-17-34-15-7-8-22-41(34)45)46-27-14-24-43-42-23-10-12-28-47(42)51-48(43)46/h2-32,35,38H,1,33H2/b16-3?,20-6+. The molecule has 2 aliphatic carbocycles. The topological polar surface area (TPSA) is 16.4 Å². The quantitative estimate of drug-likeness (QED) is 0.172. The molecule has 1 heterocycles. The van der Waals surface area contributed by atoms with Crippen LogP contribution in [0.5, 0.6) is 0 Å². The van der Waals surface area contributed by atoms with Crippen LogP contribution >= 0.6 is 0 Å². The van der Waals surface area contributed by atoms with Gasteiger partial charge in [-0.05, 0) is 76.7 Å². The molecule has 2 aliphatic rings. The molecular weight excluding hydrogens is 619 g/mol. The minimum atomic E-state index is -0.336. The molecule has 0 fully saturated rings. The second-order valence-corrected chi connectivity index (χ2v) is 13.9. The molecule has 10 rings (SSSR count). The van der Waals surface area contributed by atoms with E-state index in [1.54, 1.807) is 0 Å². The van der Waals surface area contributed by atoms with Gasteiger partial charge in [0.25, 0.3) is 0 Å². The van der Waals surface area contributed by atoms with Crippen molar-refractivity contribution >= 4 is 49.8 Å². The summed E-state index contributed by atoms with van der Waals surface area (Å²) in [6.07, 6.45) is 11.7. The number of furan rings is 1. The van der Waals surface area contributed by atoms with Crippen molar-refractivity contribution in [2.45, 2.75) is 24.2 Å². The van der Waals surface area contributed by atoms with Crippen LogP contribution in [0.1, 0.15) is 41.0 Å². The molecule has 7 aromatic carbocycles. The molecule has 244 valence electrons. The first-order chi connectivity index (χ1) is 25.3. The van der Waals surface area contributed by atoms with Gasteiger partial charge in [-0.1, -0.05) is 158 Å². The lowest BCUT2D eigenvalue weighted by Gasteiger charge is -2.48. The first-order valence-corrected chi connectivity index (χ1v) is 18.1. The van der Waals surface area contributed by atoms with E-state index in [4.69, 9.17) is 4.42 Å². The number of allylic oxidation sites excluding steroid dienone is 4. The van der Waals surface area contributed by atoms with E-state index in [9.17, 15) is 0 Å². The highest BCUT2D eigenvalue weighted by Crippen LogP contribution is 2.56. The van der Waals surface area contributed by atoms with Crippen LogP contribution in [0.2, 0.25) is 0 Å². The number of anilines is 3. The molecule has 0 spiro atoms. The fraction of sp³-hybridized carbons (Fsp3) is 0.102. The van der Waals surface area contributed by atoms with Gasteiger partial charge in [0.15, 0.2) is 5.58 Å². The van der Waals surface area contributed by atoms with Crippen LogP contribution in [0.3, 0.4) is 0 Å². The monoisotopic (exact) mass is 655 g/mol. The zero-order chi connectivity index (χ0) is 33.8. The molecule has 1 aromatic heterocycles. The second kappa shape index (κ2) is 12.0. The number of nitrogens with zero attached hydrogens (tertiary/aromatic N) is 1. The lowest BCUT2D eigenvalue weighted by atomic mass is 9.54. The molecule has 2 bridgehead atoms. The van der Waals surface area contributed by atoms with Crippen molar-refractivity contribution in [3.05, 3.63) is 210 Å². The van der Waals surface area contributed by atoms with Gasteiger partial charge < -0.3 is 9.32 Å². The summed E-state index contributed by atoms with van der Waals surface area (Å²) >= 11 is 0. The molecule has 0 saturated carbocycles. The molecule has 0 saturated heterocycles. The maximum atomic E-state index is 6.66. The van der Waals surface area contributed by atoms with Crippen molar-refractivity contribution in [3.63, 3.8) is 0 Å². The first kappa shape index (κ1) is 29.8. The third-order valence-electron chi connectivity index (χ3n) is 11.3. The van der Waals surface area contributed by atoms with Crippen LogP contribution in [-0.4, -0.2) is 0 Å². The Morgan fingerprint density at radius 1 is 0.529 bits per heavy atom. The SMILES string of the molecule is C1=CC2CC(/C=C/C1)C(c1ccccc1)(c1ccc(N(c3cccc4ccccc34)c3cccc4c3oc3ccccc34)cc1)c1ccccc12. The molecule has 0 N–H and O–H groups in total. The van der Waals surface area contributed by atoms with Crippen LogP contribution < -0.4 is 4.90 Å². The Morgan fingerprint density at radius 2 is 1.20 bits per heavy atom. The van der Waals surface area contributed by atoms with Gasteiger partial charge in [0.2, 0.25) is 0 Å². The van der Waals surface area contributed by atoms with Gasteiger partial charge in [-0.3, -0.25) is 0 Å². The fourth-order valence-electron chi connectivity index (χ4n) is 9.13. The maximum absolute atomic E-state index is 6.66. The van der Waals surface area contributed by atoms with Crippen LogP contribution in [-0.2, 0) is 5.41 Å². The number of rotatable bonds is 5. The molecule has 0 amide bonds. The summed E-state index contributed by atoms with van der Waals surface area (Å²) in [5, 5.41) is 4.64.